The number of rotatable bonds is 7. The zero-order valence-corrected chi connectivity index (χ0v) is 14.4. The molecule has 9 nitrogen and oxygen atoms in total. The van der Waals surface area contributed by atoms with Crippen molar-refractivity contribution in [2.24, 2.45) is 5.10 Å². The van der Waals surface area contributed by atoms with Crippen molar-refractivity contribution in [1.29, 1.82) is 0 Å². The van der Waals surface area contributed by atoms with Crippen LogP contribution in [0.3, 0.4) is 0 Å². The Hall–Kier alpha value is -3.01. The van der Waals surface area contributed by atoms with Gasteiger partial charge in [-0.15, -0.1) is 0 Å². The van der Waals surface area contributed by atoms with Gasteiger partial charge in [0.05, 0.1) is 26.9 Å². The van der Waals surface area contributed by atoms with E-state index in [2.05, 4.69) is 15.3 Å². The predicted octanol–water partition coefficient (Wildman–Crippen LogP) is 1.22. The molecule has 0 aliphatic rings. The van der Waals surface area contributed by atoms with E-state index in [1.54, 1.807) is 18.2 Å². The summed E-state index contributed by atoms with van der Waals surface area (Å²) >= 11 is 5.02. The number of H-pyrrole nitrogens is 1. The summed E-state index contributed by atoms with van der Waals surface area (Å²) in [5, 5.41) is 19.1. The van der Waals surface area contributed by atoms with Gasteiger partial charge in [0.1, 0.15) is 17.2 Å². The highest BCUT2D eigenvalue weighted by atomic mass is 32.1. The average molecular weight is 364 g/mol. The first-order valence-corrected chi connectivity index (χ1v) is 7.56. The highest BCUT2D eigenvalue weighted by Crippen LogP contribution is 2.22. The molecule has 0 amide bonds. The number of carboxylic acid groups (broad SMARTS) is 1. The van der Waals surface area contributed by atoms with Crippen LogP contribution in [0, 0.1) is 4.77 Å². The molecule has 2 rings (SSSR count). The summed E-state index contributed by atoms with van der Waals surface area (Å²) in [6.45, 7) is 0. The quantitative estimate of drug-likeness (QED) is 0.560. The average Bonchev–Trinajstić information content (AvgIpc) is 2.60. The van der Waals surface area contributed by atoms with Gasteiger partial charge in [-0.05, 0) is 30.4 Å². The topological polar surface area (TPSA) is 119 Å². The summed E-state index contributed by atoms with van der Waals surface area (Å²) in [6.07, 6.45) is 1.14. The van der Waals surface area contributed by atoms with E-state index in [1.165, 1.54) is 20.4 Å². The predicted molar refractivity (Wildman–Crippen MR) is 92.2 cm³/mol. The fourth-order valence-electron chi connectivity index (χ4n) is 1.98. The van der Waals surface area contributed by atoms with Crippen LogP contribution >= 0.6 is 12.2 Å². The number of nitrogens with zero attached hydrogens (tertiary/aromatic N) is 3. The fraction of sp³-hybridized carbons (Fsp3) is 0.267. The molecule has 25 heavy (non-hydrogen) atoms. The standard InChI is InChI=1S/C15H16N4O5S/c1-23-10-3-5-12(24-2)9(7-10)8-16-19-14(22)11(4-6-13(20)21)17-18-15(19)25/h3,5,7-8H,4,6H2,1-2H3,(H,18,25)(H,20,21)/b16-8-. The van der Waals surface area contributed by atoms with E-state index >= 15 is 0 Å². The molecule has 10 heteroatoms. The van der Waals surface area contributed by atoms with E-state index in [0.29, 0.717) is 17.1 Å². The lowest BCUT2D eigenvalue weighted by molar-refractivity contribution is -0.136. The molecule has 0 aliphatic heterocycles. The molecular weight excluding hydrogens is 348 g/mol. The van der Waals surface area contributed by atoms with Gasteiger partial charge in [0, 0.05) is 12.0 Å². The lowest BCUT2D eigenvalue weighted by atomic mass is 10.2. The van der Waals surface area contributed by atoms with Gasteiger partial charge in [-0.3, -0.25) is 14.7 Å². The first kappa shape index (κ1) is 18.3. The van der Waals surface area contributed by atoms with Crippen LogP contribution in [0.1, 0.15) is 17.7 Å². The van der Waals surface area contributed by atoms with E-state index in [0.717, 1.165) is 4.68 Å². The van der Waals surface area contributed by atoms with Crippen LogP contribution in [0.15, 0.2) is 28.1 Å². The molecule has 1 aromatic carbocycles. The molecule has 2 aromatic rings. The van der Waals surface area contributed by atoms with Crippen LogP contribution in [-0.4, -0.2) is 46.4 Å². The number of carbonyl (C=O) groups is 1. The molecule has 1 aromatic heterocycles. The monoisotopic (exact) mass is 364 g/mol. The molecule has 0 fully saturated rings. The minimum Gasteiger partial charge on any atom is -0.497 e. The van der Waals surface area contributed by atoms with Crippen molar-refractivity contribution in [1.82, 2.24) is 14.9 Å². The van der Waals surface area contributed by atoms with E-state index in [9.17, 15) is 9.59 Å². The summed E-state index contributed by atoms with van der Waals surface area (Å²) < 4.78 is 11.3. The normalized spacial score (nSPS) is 10.8. The summed E-state index contributed by atoms with van der Waals surface area (Å²) in [4.78, 5) is 23.0. The lowest BCUT2D eigenvalue weighted by Crippen LogP contribution is -2.25. The molecule has 0 bridgehead atoms. The largest absolute Gasteiger partial charge is 0.497 e. The zero-order valence-electron chi connectivity index (χ0n) is 13.6. The van der Waals surface area contributed by atoms with Crippen molar-refractivity contribution in [2.45, 2.75) is 12.8 Å². The molecule has 0 atom stereocenters. The Morgan fingerprint density at radius 1 is 1.44 bits per heavy atom. The maximum Gasteiger partial charge on any atom is 0.303 e. The molecular formula is C15H16N4O5S. The van der Waals surface area contributed by atoms with Gasteiger partial charge in [0.15, 0.2) is 0 Å². The number of aromatic amines is 1. The smallest absolute Gasteiger partial charge is 0.303 e. The number of aliphatic carboxylic acids is 1. The first-order valence-electron chi connectivity index (χ1n) is 7.15. The van der Waals surface area contributed by atoms with Gasteiger partial charge in [-0.2, -0.15) is 14.9 Å². The minimum absolute atomic E-state index is 0.0119. The third-order valence-corrected chi connectivity index (χ3v) is 3.51. The van der Waals surface area contributed by atoms with E-state index in [4.69, 9.17) is 26.8 Å². The molecule has 0 aliphatic carbocycles. The Kier molecular flexibility index (Phi) is 6.01. The number of hydrogen-bond acceptors (Lipinski definition) is 7. The van der Waals surface area contributed by atoms with Crippen molar-refractivity contribution in [3.8, 4) is 11.5 Å². The number of carboxylic acids is 1. The van der Waals surface area contributed by atoms with Crippen molar-refractivity contribution in [3.05, 3.63) is 44.6 Å². The number of aromatic nitrogens is 3. The highest BCUT2D eigenvalue weighted by molar-refractivity contribution is 7.71. The van der Waals surface area contributed by atoms with Gasteiger partial charge < -0.3 is 14.6 Å². The van der Waals surface area contributed by atoms with Crippen LogP contribution in [0.25, 0.3) is 0 Å². The van der Waals surface area contributed by atoms with Crippen LogP contribution in [0.5, 0.6) is 11.5 Å². The maximum atomic E-state index is 12.4. The Bertz CT molecular complexity index is 919. The van der Waals surface area contributed by atoms with E-state index < -0.39 is 11.5 Å². The lowest BCUT2D eigenvalue weighted by Gasteiger charge is -2.07. The van der Waals surface area contributed by atoms with Gasteiger partial charge >= 0.3 is 5.97 Å². The molecule has 0 saturated heterocycles. The number of hydrogen-bond donors (Lipinski definition) is 2. The highest BCUT2D eigenvalue weighted by Gasteiger charge is 2.09. The minimum atomic E-state index is -1.03. The van der Waals surface area contributed by atoms with Gasteiger partial charge in [-0.25, -0.2) is 0 Å². The Balaban J connectivity index is 2.41. The Morgan fingerprint density at radius 2 is 2.20 bits per heavy atom. The molecule has 2 N–H and O–H groups in total. The third-order valence-electron chi connectivity index (χ3n) is 3.24. The number of aryl methyl sites for hydroxylation is 1. The molecule has 132 valence electrons. The van der Waals surface area contributed by atoms with Gasteiger partial charge in [0.25, 0.3) is 5.56 Å². The first-order chi connectivity index (χ1) is 12.0. The van der Waals surface area contributed by atoms with E-state index in [1.807, 2.05) is 0 Å². The summed E-state index contributed by atoms with van der Waals surface area (Å²) in [7, 11) is 3.04. The zero-order chi connectivity index (χ0) is 18.4. The molecule has 0 unspecified atom stereocenters. The van der Waals surface area contributed by atoms with Crippen molar-refractivity contribution < 1.29 is 19.4 Å². The second-order valence-corrected chi connectivity index (χ2v) is 5.23. The number of ether oxygens (including phenoxy) is 2. The third kappa shape index (κ3) is 4.51. The molecule has 0 radical (unpaired) electrons. The summed E-state index contributed by atoms with van der Waals surface area (Å²) in [6, 6.07) is 5.12. The molecule has 0 spiro atoms. The Labute approximate surface area is 147 Å². The van der Waals surface area contributed by atoms with Crippen molar-refractivity contribution >= 4 is 24.4 Å². The van der Waals surface area contributed by atoms with Crippen molar-refractivity contribution in [2.75, 3.05) is 14.2 Å². The number of nitrogens with one attached hydrogen (secondary N) is 1. The van der Waals surface area contributed by atoms with Crippen LogP contribution in [0.2, 0.25) is 0 Å². The summed E-state index contributed by atoms with van der Waals surface area (Å²) in [5.41, 5.74) is 0.0286. The number of methoxy groups -OCH3 is 2. The molecule has 0 saturated carbocycles. The SMILES string of the molecule is COc1ccc(OC)c(/C=N\n2c(=S)[nH]nc(CCC(=O)O)c2=O)c1. The second kappa shape index (κ2) is 8.20. The van der Waals surface area contributed by atoms with Crippen LogP contribution in [0.4, 0.5) is 0 Å². The van der Waals surface area contributed by atoms with Crippen LogP contribution in [-0.2, 0) is 11.2 Å². The van der Waals surface area contributed by atoms with Crippen LogP contribution < -0.4 is 15.0 Å². The molecule has 1 heterocycles. The maximum absolute atomic E-state index is 12.4. The Morgan fingerprint density at radius 3 is 2.84 bits per heavy atom. The summed E-state index contributed by atoms with van der Waals surface area (Å²) in [5.74, 6) is 0.101. The second-order valence-electron chi connectivity index (χ2n) is 4.84. The fourth-order valence-corrected chi connectivity index (χ4v) is 2.15. The van der Waals surface area contributed by atoms with Crippen molar-refractivity contribution in [3.63, 3.8) is 0 Å². The number of benzene rings is 1. The van der Waals surface area contributed by atoms with E-state index in [-0.39, 0.29) is 23.3 Å². The van der Waals surface area contributed by atoms with Gasteiger partial charge in [0.2, 0.25) is 4.77 Å². The van der Waals surface area contributed by atoms with Gasteiger partial charge in [-0.1, -0.05) is 0 Å².